The largest absolute Gasteiger partial charge is 0.377 e. The molecule has 0 aliphatic carbocycles. The molecule has 0 spiro atoms. The van der Waals surface area contributed by atoms with Crippen LogP contribution in [0.25, 0.3) is 0 Å². The molecular formula is C13H19ClOS. The summed E-state index contributed by atoms with van der Waals surface area (Å²) >= 11 is 10.2. The summed E-state index contributed by atoms with van der Waals surface area (Å²) in [5.41, 5.74) is 1.06. The average Bonchev–Trinajstić information content (AvgIpc) is 2.27. The first-order valence-corrected chi connectivity index (χ1v) is 6.67. The van der Waals surface area contributed by atoms with Crippen LogP contribution in [-0.2, 0) is 11.3 Å². The van der Waals surface area contributed by atoms with E-state index >= 15 is 0 Å². The molecule has 0 saturated heterocycles. The monoisotopic (exact) mass is 258 g/mol. The lowest BCUT2D eigenvalue weighted by molar-refractivity contribution is 0.109. The molecule has 0 saturated carbocycles. The van der Waals surface area contributed by atoms with Crippen LogP contribution in [0, 0.1) is 5.92 Å². The second-order valence-corrected chi connectivity index (χ2v) is 4.90. The van der Waals surface area contributed by atoms with Crippen molar-refractivity contribution in [2.45, 2.75) is 26.4 Å². The van der Waals surface area contributed by atoms with E-state index in [0.717, 1.165) is 35.8 Å². The van der Waals surface area contributed by atoms with Crippen molar-refractivity contribution in [3.8, 4) is 0 Å². The van der Waals surface area contributed by atoms with Crippen LogP contribution in [0.3, 0.4) is 0 Å². The van der Waals surface area contributed by atoms with Gasteiger partial charge in [-0.3, -0.25) is 0 Å². The van der Waals surface area contributed by atoms with Crippen molar-refractivity contribution >= 4 is 24.2 Å². The van der Waals surface area contributed by atoms with E-state index in [-0.39, 0.29) is 0 Å². The molecule has 16 heavy (non-hydrogen) atoms. The summed E-state index contributed by atoms with van der Waals surface area (Å²) in [7, 11) is 0. The fraction of sp³-hybridized carbons (Fsp3) is 0.538. The Morgan fingerprint density at radius 3 is 2.75 bits per heavy atom. The lowest BCUT2D eigenvalue weighted by Gasteiger charge is -2.10. The molecule has 1 rings (SSSR count). The Morgan fingerprint density at radius 1 is 1.31 bits per heavy atom. The van der Waals surface area contributed by atoms with Gasteiger partial charge in [0.15, 0.2) is 0 Å². The summed E-state index contributed by atoms with van der Waals surface area (Å²) in [6.07, 6.45) is 2.24. The van der Waals surface area contributed by atoms with Crippen LogP contribution >= 0.6 is 24.2 Å². The molecule has 0 heterocycles. The highest BCUT2D eigenvalue weighted by Gasteiger charge is 2.02. The summed E-state index contributed by atoms with van der Waals surface area (Å²) in [6, 6.07) is 7.80. The van der Waals surface area contributed by atoms with E-state index in [9.17, 15) is 0 Å². The van der Waals surface area contributed by atoms with E-state index in [0.29, 0.717) is 12.5 Å². The van der Waals surface area contributed by atoms with E-state index in [1.807, 2.05) is 24.3 Å². The zero-order valence-corrected chi connectivity index (χ0v) is 11.3. The molecule has 1 unspecified atom stereocenters. The van der Waals surface area contributed by atoms with Gasteiger partial charge in [0.1, 0.15) is 0 Å². The van der Waals surface area contributed by atoms with Crippen LogP contribution in [0.5, 0.6) is 0 Å². The Labute approximate surface area is 109 Å². The maximum Gasteiger partial charge on any atom is 0.0731 e. The number of halogens is 1. The molecule has 0 radical (unpaired) electrons. The minimum Gasteiger partial charge on any atom is -0.377 e. The van der Waals surface area contributed by atoms with Crippen molar-refractivity contribution in [2.24, 2.45) is 5.92 Å². The Morgan fingerprint density at radius 2 is 2.06 bits per heavy atom. The predicted octanol–water partition coefficient (Wildman–Crippen LogP) is 4.20. The SMILES string of the molecule is CC(CCS)CCOCc1ccccc1Cl. The minimum atomic E-state index is 0.604. The van der Waals surface area contributed by atoms with Crippen LogP contribution in [-0.4, -0.2) is 12.4 Å². The van der Waals surface area contributed by atoms with Crippen molar-refractivity contribution in [2.75, 3.05) is 12.4 Å². The molecular weight excluding hydrogens is 240 g/mol. The van der Waals surface area contributed by atoms with Crippen LogP contribution < -0.4 is 0 Å². The Bertz CT molecular complexity index is 304. The van der Waals surface area contributed by atoms with Crippen LogP contribution in [0.2, 0.25) is 5.02 Å². The molecule has 1 aromatic carbocycles. The summed E-state index contributed by atoms with van der Waals surface area (Å²) in [5.74, 6) is 1.63. The third kappa shape index (κ3) is 5.24. The van der Waals surface area contributed by atoms with Crippen molar-refractivity contribution < 1.29 is 4.74 Å². The quantitative estimate of drug-likeness (QED) is 0.570. The molecule has 0 aromatic heterocycles. The molecule has 0 bridgehead atoms. The average molecular weight is 259 g/mol. The van der Waals surface area contributed by atoms with E-state index in [2.05, 4.69) is 19.6 Å². The van der Waals surface area contributed by atoms with Gasteiger partial charge in [-0.15, -0.1) is 0 Å². The maximum absolute atomic E-state index is 6.03. The summed E-state index contributed by atoms with van der Waals surface area (Å²) in [5, 5.41) is 0.783. The molecule has 1 nitrogen and oxygen atoms in total. The molecule has 1 aromatic rings. The first-order valence-electron chi connectivity index (χ1n) is 5.66. The highest BCUT2D eigenvalue weighted by atomic mass is 35.5. The number of ether oxygens (including phenoxy) is 1. The molecule has 0 fully saturated rings. The van der Waals surface area contributed by atoms with Crippen molar-refractivity contribution in [3.63, 3.8) is 0 Å². The van der Waals surface area contributed by atoms with Gasteiger partial charge in [0.05, 0.1) is 6.61 Å². The summed E-state index contributed by atoms with van der Waals surface area (Å²) in [4.78, 5) is 0. The molecule has 0 N–H and O–H groups in total. The third-order valence-electron chi connectivity index (χ3n) is 2.59. The van der Waals surface area contributed by atoms with Gasteiger partial charge in [0, 0.05) is 11.6 Å². The minimum absolute atomic E-state index is 0.604. The molecule has 0 amide bonds. The Balaban J connectivity index is 2.19. The number of benzene rings is 1. The van der Waals surface area contributed by atoms with E-state index in [4.69, 9.17) is 16.3 Å². The fourth-order valence-electron chi connectivity index (χ4n) is 1.45. The zero-order chi connectivity index (χ0) is 11.8. The lowest BCUT2D eigenvalue weighted by Crippen LogP contribution is -2.03. The van der Waals surface area contributed by atoms with Crippen molar-refractivity contribution in [1.29, 1.82) is 0 Å². The Hall–Kier alpha value is -0.180. The molecule has 1 atom stereocenters. The first kappa shape index (κ1) is 13.9. The van der Waals surface area contributed by atoms with Gasteiger partial charge in [-0.1, -0.05) is 36.7 Å². The summed E-state index contributed by atoms with van der Waals surface area (Å²) in [6.45, 7) is 3.63. The second kappa shape index (κ2) is 7.99. The molecule has 0 aliphatic rings. The highest BCUT2D eigenvalue weighted by molar-refractivity contribution is 7.80. The van der Waals surface area contributed by atoms with Crippen LogP contribution in [0.15, 0.2) is 24.3 Å². The highest BCUT2D eigenvalue weighted by Crippen LogP contribution is 2.16. The first-order chi connectivity index (χ1) is 7.74. The van der Waals surface area contributed by atoms with Gasteiger partial charge in [-0.2, -0.15) is 12.6 Å². The van der Waals surface area contributed by atoms with Gasteiger partial charge in [-0.25, -0.2) is 0 Å². The van der Waals surface area contributed by atoms with Gasteiger partial charge in [0.25, 0.3) is 0 Å². The van der Waals surface area contributed by atoms with Gasteiger partial charge < -0.3 is 4.74 Å². The van der Waals surface area contributed by atoms with Crippen molar-refractivity contribution in [3.05, 3.63) is 34.9 Å². The van der Waals surface area contributed by atoms with E-state index in [1.54, 1.807) is 0 Å². The van der Waals surface area contributed by atoms with Crippen molar-refractivity contribution in [1.82, 2.24) is 0 Å². The Kier molecular flexibility index (Phi) is 6.93. The smallest absolute Gasteiger partial charge is 0.0731 e. The van der Waals surface area contributed by atoms with E-state index < -0.39 is 0 Å². The third-order valence-corrected chi connectivity index (χ3v) is 3.22. The number of thiol groups is 1. The van der Waals surface area contributed by atoms with Gasteiger partial charge >= 0.3 is 0 Å². The lowest BCUT2D eigenvalue weighted by atomic mass is 10.1. The number of hydrogen-bond donors (Lipinski definition) is 1. The zero-order valence-electron chi connectivity index (χ0n) is 9.66. The number of rotatable bonds is 7. The van der Waals surface area contributed by atoms with E-state index in [1.165, 1.54) is 0 Å². The normalized spacial score (nSPS) is 12.7. The topological polar surface area (TPSA) is 9.23 Å². The predicted molar refractivity (Wildman–Crippen MR) is 73.4 cm³/mol. The maximum atomic E-state index is 6.03. The van der Waals surface area contributed by atoms with Gasteiger partial charge in [-0.05, 0) is 36.1 Å². The molecule has 90 valence electrons. The number of hydrogen-bond acceptors (Lipinski definition) is 2. The molecule has 3 heteroatoms. The van der Waals surface area contributed by atoms with Crippen LogP contribution in [0.1, 0.15) is 25.3 Å². The standard InChI is InChI=1S/C13H19ClOS/c1-11(7-9-16)6-8-15-10-12-4-2-3-5-13(12)14/h2-5,11,16H,6-10H2,1H3. The summed E-state index contributed by atoms with van der Waals surface area (Å²) < 4.78 is 5.61. The molecule has 0 aliphatic heterocycles. The van der Waals surface area contributed by atoms with Gasteiger partial charge in [0.2, 0.25) is 0 Å². The fourth-order valence-corrected chi connectivity index (χ4v) is 2.08. The van der Waals surface area contributed by atoms with Crippen LogP contribution in [0.4, 0.5) is 0 Å². The second-order valence-electron chi connectivity index (χ2n) is 4.05.